The molecule has 0 bridgehead atoms. The molecule has 0 fully saturated rings. The van der Waals surface area contributed by atoms with E-state index >= 15 is 0 Å². The van der Waals surface area contributed by atoms with Crippen molar-refractivity contribution in [2.75, 3.05) is 13.1 Å². The van der Waals surface area contributed by atoms with Gasteiger partial charge in [-0.1, -0.05) is 26.8 Å². The van der Waals surface area contributed by atoms with Gasteiger partial charge in [0.05, 0.1) is 6.04 Å². The second-order valence-corrected chi connectivity index (χ2v) is 3.29. The average Bonchev–Trinajstić information content (AvgIpc) is 2.38. The minimum Gasteiger partial charge on any atom is -0.293 e. The quantitative estimate of drug-likeness (QED) is 0.634. The molecule has 0 N–H and O–H groups in total. The zero-order valence-corrected chi connectivity index (χ0v) is 8.08. The number of likely N-dealkylation sites (N-methyl/N-ethyl adjacent to an activating group) is 1. The lowest BCUT2D eigenvalue weighted by molar-refractivity contribution is -0.119. The maximum atomic E-state index is 11.4. The van der Waals surface area contributed by atoms with Gasteiger partial charge in [0, 0.05) is 0 Å². The molecule has 68 valence electrons. The summed E-state index contributed by atoms with van der Waals surface area (Å²) in [5.41, 5.74) is 0. The third-order valence-electron chi connectivity index (χ3n) is 2.56. The number of rotatable bonds is 3. The van der Waals surface area contributed by atoms with Crippen molar-refractivity contribution in [1.29, 1.82) is 0 Å². The zero-order valence-electron chi connectivity index (χ0n) is 8.08. The number of hydrogen-bond acceptors (Lipinski definition) is 2. The van der Waals surface area contributed by atoms with Crippen LogP contribution in [0, 0.1) is 5.92 Å². The molecular weight excluding hydrogens is 150 g/mol. The second kappa shape index (κ2) is 3.85. The van der Waals surface area contributed by atoms with E-state index in [0.29, 0.717) is 5.92 Å². The molecule has 0 radical (unpaired) electrons. The largest absolute Gasteiger partial charge is 0.293 e. The molecule has 0 aromatic rings. The van der Waals surface area contributed by atoms with Crippen molar-refractivity contribution in [2.45, 2.75) is 26.8 Å². The Labute approximate surface area is 74.2 Å². The van der Waals surface area contributed by atoms with Crippen LogP contribution in [0.4, 0.5) is 0 Å². The highest BCUT2D eigenvalue weighted by Gasteiger charge is 2.30. The molecule has 0 aliphatic heterocycles. The normalized spacial score (nSPS) is 28.8. The van der Waals surface area contributed by atoms with Crippen LogP contribution < -0.4 is 0 Å². The van der Waals surface area contributed by atoms with Crippen LogP contribution in [0.5, 0.6) is 0 Å². The van der Waals surface area contributed by atoms with Gasteiger partial charge in [-0.05, 0) is 25.1 Å². The molecule has 2 atom stereocenters. The standard InChI is InChI=1S/C10H17NO/c1-4-11(5-2)10-8(3)6-7-9(10)12/h6-8,10H,4-5H2,1-3H3. The van der Waals surface area contributed by atoms with Crippen LogP contribution >= 0.6 is 0 Å². The van der Waals surface area contributed by atoms with Gasteiger partial charge in [0.2, 0.25) is 0 Å². The van der Waals surface area contributed by atoms with E-state index in [0.717, 1.165) is 13.1 Å². The van der Waals surface area contributed by atoms with Crippen molar-refractivity contribution in [2.24, 2.45) is 5.92 Å². The Hall–Kier alpha value is -0.630. The maximum Gasteiger partial charge on any atom is 0.173 e. The highest BCUT2D eigenvalue weighted by Crippen LogP contribution is 2.19. The summed E-state index contributed by atoms with van der Waals surface area (Å²) < 4.78 is 0. The molecule has 0 saturated carbocycles. The predicted octanol–water partition coefficient (Wildman–Crippen LogP) is 1.47. The molecule has 12 heavy (non-hydrogen) atoms. The number of nitrogens with zero attached hydrogens (tertiary/aromatic N) is 1. The minimum absolute atomic E-state index is 0.111. The fourth-order valence-corrected chi connectivity index (χ4v) is 1.84. The first-order valence-electron chi connectivity index (χ1n) is 4.66. The van der Waals surface area contributed by atoms with Crippen molar-refractivity contribution in [3.05, 3.63) is 12.2 Å². The molecule has 2 nitrogen and oxygen atoms in total. The molecule has 0 amide bonds. The Bertz CT molecular complexity index is 194. The van der Waals surface area contributed by atoms with E-state index in [1.54, 1.807) is 6.08 Å². The number of carbonyl (C=O) groups excluding carboxylic acids is 1. The van der Waals surface area contributed by atoms with E-state index < -0.39 is 0 Å². The summed E-state index contributed by atoms with van der Waals surface area (Å²) in [6, 6.07) is 0.111. The number of carbonyl (C=O) groups is 1. The molecule has 0 aromatic heterocycles. The summed E-state index contributed by atoms with van der Waals surface area (Å²) in [5.74, 6) is 0.656. The summed E-state index contributed by atoms with van der Waals surface area (Å²) in [6.45, 7) is 8.21. The van der Waals surface area contributed by atoms with Gasteiger partial charge in [-0.15, -0.1) is 0 Å². The van der Waals surface area contributed by atoms with Gasteiger partial charge in [0.25, 0.3) is 0 Å². The van der Waals surface area contributed by atoms with Crippen molar-refractivity contribution >= 4 is 5.78 Å². The topological polar surface area (TPSA) is 20.3 Å². The lowest BCUT2D eigenvalue weighted by Crippen LogP contribution is -2.41. The first-order valence-corrected chi connectivity index (χ1v) is 4.66. The van der Waals surface area contributed by atoms with E-state index in [1.807, 2.05) is 6.08 Å². The first kappa shape index (κ1) is 9.46. The smallest absolute Gasteiger partial charge is 0.173 e. The molecule has 1 aliphatic carbocycles. The lowest BCUT2D eigenvalue weighted by Gasteiger charge is -2.27. The van der Waals surface area contributed by atoms with Crippen LogP contribution in [0.15, 0.2) is 12.2 Å². The molecule has 2 unspecified atom stereocenters. The van der Waals surface area contributed by atoms with Crippen LogP contribution in [-0.2, 0) is 4.79 Å². The molecule has 1 rings (SSSR count). The fraction of sp³-hybridized carbons (Fsp3) is 0.700. The van der Waals surface area contributed by atoms with E-state index in [2.05, 4.69) is 25.7 Å². The summed E-state index contributed by atoms with van der Waals surface area (Å²) in [7, 11) is 0. The van der Waals surface area contributed by atoms with Crippen LogP contribution in [0.25, 0.3) is 0 Å². The lowest BCUT2D eigenvalue weighted by atomic mass is 10.0. The van der Waals surface area contributed by atoms with Gasteiger partial charge < -0.3 is 0 Å². The van der Waals surface area contributed by atoms with E-state index in [9.17, 15) is 4.79 Å². The Morgan fingerprint density at radius 1 is 1.42 bits per heavy atom. The first-order chi connectivity index (χ1) is 5.70. The molecule has 1 aliphatic rings. The third kappa shape index (κ3) is 1.58. The van der Waals surface area contributed by atoms with Gasteiger partial charge in [-0.3, -0.25) is 9.69 Å². The minimum atomic E-state index is 0.111. The number of hydrogen-bond donors (Lipinski definition) is 0. The average molecular weight is 167 g/mol. The highest BCUT2D eigenvalue weighted by molar-refractivity contribution is 5.97. The van der Waals surface area contributed by atoms with Crippen molar-refractivity contribution in [1.82, 2.24) is 4.90 Å². The second-order valence-electron chi connectivity index (χ2n) is 3.29. The molecule has 0 heterocycles. The molecule has 0 aromatic carbocycles. The van der Waals surface area contributed by atoms with E-state index in [-0.39, 0.29) is 11.8 Å². The van der Waals surface area contributed by atoms with Crippen molar-refractivity contribution in [3.63, 3.8) is 0 Å². The van der Waals surface area contributed by atoms with Gasteiger partial charge in [-0.25, -0.2) is 0 Å². The maximum absolute atomic E-state index is 11.4. The van der Waals surface area contributed by atoms with Gasteiger partial charge >= 0.3 is 0 Å². The Kier molecular flexibility index (Phi) is 3.04. The summed E-state index contributed by atoms with van der Waals surface area (Å²) >= 11 is 0. The Morgan fingerprint density at radius 3 is 2.33 bits per heavy atom. The van der Waals surface area contributed by atoms with Crippen LogP contribution in [0.3, 0.4) is 0 Å². The van der Waals surface area contributed by atoms with Crippen molar-refractivity contribution < 1.29 is 4.79 Å². The van der Waals surface area contributed by atoms with Crippen LogP contribution in [0.2, 0.25) is 0 Å². The molecular formula is C10H17NO. The summed E-state index contributed by atoms with van der Waals surface area (Å²) in [5, 5.41) is 0. The predicted molar refractivity (Wildman–Crippen MR) is 50.0 cm³/mol. The third-order valence-corrected chi connectivity index (χ3v) is 2.56. The van der Waals surface area contributed by atoms with Gasteiger partial charge in [-0.2, -0.15) is 0 Å². The highest BCUT2D eigenvalue weighted by atomic mass is 16.1. The van der Waals surface area contributed by atoms with Gasteiger partial charge in [0.1, 0.15) is 0 Å². The monoisotopic (exact) mass is 167 g/mol. The molecule has 2 heteroatoms. The number of ketones is 1. The van der Waals surface area contributed by atoms with Crippen LogP contribution in [-0.4, -0.2) is 29.8 Å². The Balaban J connectivity index is 2.67. The van der Waals surface area contributed by atoms with E-state index in [4.69, 9.17) is 0 Å². The zero-order chi connectivity index (χ0) is 9.14. The van der Waals surface area contributed by atoms with Gasteiger partial charge in [0.15, 0.2) is 5.78 Å². The van der Waals surface area contributed by atoms with Crippen LogP contribution in [0.1, 0.15) is 20.8 Å². The summed E-state index contributed by atoms with van der Waals surface area (Å²) in [4.78, 5) is 13.6. The molecule has 0 saturated heterocycles. The fourth-order valence-electron chi connectivity index (χ4n) is 1.84. The van der Waals surface area contributed by atoms with E-state index in [1.165, 1.54) is 0 Å². The van der Waals surface area contributed by atoms with Crippen molar-refractivity contribution in [3.8, 4) is 0 Å². The summed E-state index contributed by atoms with van der Waals surface area (Å²) in [6.07, 6.45) is 3.72. The molecule has 0 spiro atoms. The SMILES string of the molecule is CCN(CC)C1C(=O)C=CC1C. The Morgan fingerprint density at radius 2 is 2.00 bits per heavy atom.